The van der Waals surface area contributed by atoms with Crippen molar-refractivity contribution in [3.63, 3.8) is 0 Å². The Bertz CT molecular complexity index is 74.6. The lowest BCUT2D eigenvalue weighted by atomic mass is 10.4. The largest absolute Gasteiger partial charge is 0.133 e. The highest BCUT2D eigenvalue weighted by Gasteiger charge is 1.79. The molecule has 0 aromatic carbocycles. The minimum Gasteiger partial charge on any atom is -0.133 e. The SMILES string of the molecule is CC(C)=CSCCCl. The second kappa shape index (κ2) is 5.52. The molecule has 0 bridgehead atoms. The summed E-state index contributed by atoms with van der Waals surface area (Å²) in [4.78, 5) is 0. The normalized spacial score (nSPS) is 8.88. The molecular formula is C6H11ClS. The topological polar surface area (TPSA) is 0 Å². The molecule has 0 spiro atoms. The van der Waals surface area contributed by atoms with Crippen molar-refractivity contribution in [1.29, 1.82) is 0 Å². The minimum absolute atomic E-state index is 0.744. The van der Waals surface area contributed by atoms with Crippen LogP contribution in [0, 0.1) is 0 Å². The van der Waals surface area contributed by atoms with E-state index < -0.39 is 0 Å². The van der Waals surface area contributed by atoms with Gasteiger partial charge in [0.15, 0.2) is 0 Å². The summed E-state index contributed by atoms with van der Waals surface area (Å²) < 4.78 is 0. The molecule has 0 saturated carbocycles. The van der Waals surface area contributed by atoms with E-state index in [4.69, 9.17) is 11.6 Å². The van der Waals surface area contributed by atoms with Crippen LogP contribution in [0.4, 0.5) is 0 Å². The summed E-state index contributed by atoms with van der Waals surface area (Å²) >= 11 is 7.20. The first kappa shape index (κ1) is 8.38. The molecule has 0 rings (SSSR count). The Kier molecular flexibility index (Phi) is 5.78. The maximum absolute atomic E-state index is 5.43. The molecule has 0 amide bonds. The molecule has 0 heterocycles. The molecule has 0 unspecified atom stereocenters. The lowest BCUT2D eigenvalue weighted by molar-refractivity contribution is 1.41. The summed E-state index contributed by atoms with van der Waals surface area (Å²) in [5.41, 5.74) is 1.35. The van der Waals surface area contributed by atoms with Gasteiger partial charge in [-0.1, -0.05) is 5.57 Å². The minimum atomic E-state index is 0.744. The van der Waals surface area contributed by atoms with Crippen LogP contribution in [0.2, 0.25) is 0 Å². The molecule has 0 nitrogen and oxygen atoms in total. The Morgan fingerprint density at radius 3 is 2.62 bits per heavy atom. The fourth-order valence-electron chi connectivity index (χ4n) is 0.270. The Morgan fingerprint density at radius 2 is 2.25 bits per heavy atom. The van der Waals surface area contributed by atoms with Gasteiger partial charge in [0.05, 0.1) is 0 Å². The van der Waals surface area contributed by atoms with Crippen LogP contribution in [0.5, 0.6) is 0 Å². The van der Waals surface area contributed by atoms with Crippen LogP contribution in [0.15, 0.2) is 11.0 Å². The second-order valence-electron chi connectivity index (χ2n) is 1.75. The summed E-state index contributed by atoms with van der Waals surface area (Å²) in [7, 11) is 0. The molecule has 0 aliphatic rings. The molecule has 0 saturated heterocycles. The van der Waals surface area contributed by atoms with Gasteiger partial charge in [-0.15, -0.1) is 23.4 Å². The van der Waals surface area contributed by atoms with Crippen molar-refractivity contribution in [3.05, 3.63) is 11.0 Å². The zero-order chi connectivity index (χ0) is 6.41. The number of alkyl halides is 1. The van der Waals surface area contributed by atoms with Crippen LogP contribution in [0.1, 0.15) is 13.8 Å². The van der Waals surface area contributed by atoms with Crippen molar-refractivity contribution >= 4 is 23.4 Å². The van der Waals surface area contributed by atoms with Crippen molar-refractivity contribution in [1.82, 2.24) is 0 Å². The highest BCUT2D eigenvalue weighted by atomic mass is 35.5. The third-order valence-corrected chi connectivity index (χ3v) is 2.01. The van der Waals surface area contributed by atoms with Gasteiger partial charge in [0.1, 0.15) is 0 Å². The molecule has 2 heteroatoms. The third kappa shape index (κ3) is 6.38. The molecule has 48 valence electrons. The van der Waals surface area contributed by atoms with Crippen molar-refractivity contribution < 1.29 is 0 Å². The predicted molar refractivity (Wildman–Crippen MR) is 42.6 cm³/mol. The van der Waals surface area contributed by atoms with Crippen molar-refractivity contribution in [3.8, 4) is 0 Å². The molecule has 0 aromatic heterocycles. The number of hydrogen-bond donors (Lipinski definition) is 0. The number of hydrogen-bond acceptors (Lipinski definition) is 1. The third-order valence-electron chi connectivity index (χ3n) is 0.514. The Morgan fingerprint density at radius 1 is 1.62 bits per heavy atom. The fourth-order valence-corrected chi connectivity index (χ4v) is 1.08. The lowest BCUT2D eigenvalue weighted by Gasteiger charge is -1.88. The van der Waals surface area contributed by atoms with E-state index in [0.29, 0.717) is 0 Å². The van der Waals surface area contributed by atoms with Gasteiger partial charge < -0.3 is 0 Å². The van der Waals surface area contributed by atoms with E-state index in [9.17, 15) is 0 Å². The number of thioether (sulfide) groups is 1. The molecule has 0 aliphatic carbocycles. The highest BCUT2D eigenvalue weighted by molar-refractivity contribution is 8.02. The van der Waals surface area contributed by atoms with Gasteiger partial charge in [-0.05, 0) is 19.3 Å². The monoisotopic (exact) mass is 150 g/mol. The summed E-state index contributed by atoms with van der Waals surface area (Å²) in [5.74, 6) is 1.77. The van der Waals surface area contributed by atoms with Gasteiger partial charge in [-0.2, -0.15) is 0 Å². The van der Waals surface area contributed by atoms with Gasteiger partial charge in [-0.3, -0.25) is 0 Å². The van der Waals surface area contributed by atoms with E-state index in [1.807, 2.05) is 0 Å². The van der Waals surface area contributed by atoms with Crippen molar-refractivity contribution in [2.75, 3.05) is 11.6 Å². The van der Waals surface area contributed by atoms with Crippen LogP contribution in [-0.2, 0) is 0 Å². The average molecular weight is 151 g/mol. The Labute approximate surface area is 60.3 Å². The zero-order valence-corrected chi connectivity index (χ0v) is 6.85. The number of rotatable bonds is 3. The maximum atomic E-state index is 5.43. The van der Waals surface area contributed by atoms with E-state index in [0.717, 1.165) is 11.6 Å². The van der Waals surface area contributed by atoms with Crippen LogP contribution in [0.25, 0.3) is 0 Å². The molecule has 0 radical (unpaired) electrons. The standard InChI is InChI=1S/C6H11ClS/c1-6(2)5-8-4-3-7/h5H,3-4H2,1-2H3. The van der Waals surface area contributed by atoms with Crippen molar-refractivity contribution in [2.45, 2.75) is 13.8 Å². The van der Waals surface area contributed by atoms with Gasteiger partial charge >= 0.3 is 0 Å². The highest BCUT2D eigenvalue weighted by Crippen LogP contribution is 2.05. The van der Waals surface area contributed by atoms with Crippen LogP contribution >= 0.6 is 23.4 Å². The van der Waals surface area contributed by atoms with Gasteiger partial charge in [0.2, 0.25) is 0 Å². The number of allylic oxidation sites excluding steroid dienone is 1. The summed E-state index contributed by atoms with van der Waals surface area (Å²) in [6.07, 6.45) is 0. The van der Waals surface area contributed by atoms with E-state index in [1.54, 1.807) is 11.8 Å². The first-order chi connectivity index (χ1) is 3.77. The first-order valence-corrected chi connectivity index (χ1v) is 4.16. The summed E-state index contributed by atoms with van der Waals surface area (Å²) in [6.45, 7) is 4.17. The Hall–Kier alpha value is 0.380. The molecule has 8 heavy (non-hydrogen) atoms. The molecule has 0 N–H and O–H groups in total. The maximum Gasteiger partial charge on any atom is 0.0317 e. The van der Waals surface area contributed by atoms with Crippen LogP contribution in [0.3, 0.4) is 0 Å². The molecule has 0 aliphatic heterocycles. The van der Waals surface area contributed by atoms with Crippen molar-refractivity contribution in [2.24, 2.45) is 0 Å². The molecular weight excluding hydrogens is 140 g/mol. The predicted octanol–water partition coefficient (Wildman–Crippen LogP) is 2.88. The summed E-state index contributed by atoms with van der Waals surface area (Å²) in [6, 6.07) is 0. The van der Waals surface area contributed by atoms with Gasteiger partial charge in [0, 0.05) is 11.6 Å². The average Bonchev–Trinajstić information content (AvgIpc) is 1.66. The lowest BCUT2D eigenvalue weighted by Crippen LogP contribution is -1.73. The first-order valence-electron chi connectivity index (χ1n) is 2.58. The Balaban J connectivity index is 3.03. The van der Waals surface area contributed by atoms with Crippen LogP contribution in [-0.4, -0.2) is 11.6 Å². The van der Waals surface area contributed by atoms with E-state index in [1.165, 1.54) is 5.57 Å². The smallest absolute Gasteiger partial charge is 0.0317 e. The fraction of sp³-hybridized carbons (Fsp3) is 0.667. The van der Waals surface area contributed by atoms with Gasteiger partial charge in [0.25, 0.3) is 0 Å². The summed E-state index contributed by atoms with van der Waals surface area (Å²) in [5, 5.41) is 2.13. The second-order valence-corrected chi connectivity index (χ2v) is 3.11. The van der Waals surface area contributed by atoms with E-state index in [-0.39, 0.29) is 0 Å². The molecule has 0 fully saturated rings. The quantitative estimate of drug-likeness (QED) is 0.441. The van der Waals surface area contributed by atoms with E-state index >= 15 is 0 Å². The molecule has 0 aromatic rings. The zero-order valence-electron chi connectivity index (χ0n) is 5.28. The van der Waals surface area contributed by atoms with Crippen LogP contribution < -0.4 is 0 Å². The van der Waals surface area contributed by atoms with E-state index in [2.05, 4.69) is 19.3 Å². The number of halogens is 1. The van der Waals surface area contributed by atoms with Gasteiger partial charge in [-0.25, -0.2) is 0 Å². The molecule has 0 atom stereocenters.